The number of amides is 2. The Hall–Kier alpha value is -4.17. The molecule has 196 valence electrons. The van der Waals surface area contributed by atoms with Crippen molar-refractivity contribution in [1.82, 2.24) is 0 Å². The Bertz CT molecular complexity index is 1340. The number of fused-ring (bicyclic) bond motifs is 1. The maximum Gasteiger partial charge on any atom is 0.266 e. The molecule has 2 aliphatic rings. The predicted octanol–water partition coefficient (Wildman–Crippen LogP) is 5.13. The molecular weight excluding hydrogens is 484 g/mol. The van der Waals surface area contributed by atoms with Crippen LogP contribution in [0.4, 0.5) is 11.4 Å². The van der Waals surface area contributed by atoms with Gasteiger partial charge in [-0.2, -0.15) is 0 Å². The largest absolute Gasteiger partial charge is 0.490 e. The van der Waals surface area contributed by atoms with Gasteiger partial charge in [-0.25, -0.2) is 9.96 Å². The van der Waals surface area contributed by atoms with Gasteiger partial charge in [-0.1, -0.05) is 31.2 Å². The van der Waals surface area contributed by atoms with Gasteiger partial charge in [0, 0.05) is 5.56 Å². The molecule has 0 unspecified atom stereocenters. The van der Waals surface area contributed by atoms with E-state index >= 15 is 0 Å². The molecule has 3 atom stereocenters. The number of imide groups is 1. The molecule has 0 saturated carbocycles. The minimum absolute atomic E-state index is 0.0918. The molecule has 8 heteroatoms. The van der Waals surface area contributed by atoms with Crippen molar-refractivity contribution in [2.45, 2.75) is 39.3 Å². The lowest BCUT2D eigenvalue weighted by Gasteiger charge is -2.29. The molecule has 0 aliphatic carbocycles. The van der Waals surface area contributed by atoms with Crippen molar-refractivity contribution in [3.63, 3.8) is 0 Å². The number of nitrogens with zero attached hydrogens (tertiary/aromatic N) is 2. The van der Waals surface area contributed by atoms with Gasteiger partial charge in [0.1, 0.15) is 5.92 Å². The number of hydrogen-bond donors (Lipinski definition) is 0. The molecule has 2 fully saturated rings. The zero-order valence-corrected chi connectivity index (χ0v) is 21.6. The average Bonchev–Trinajstić information content (AvgIpc) is 3.44. The Kier molecular flexibility index (Phi) is 7.15. The standard InChI is InChI=1S/C30H30N2O6/c1-4-17-37-24-16-13-21(18-25(24)36-5-2)27-26-28(38-32(27)23-9-7-6-8-10-23)30(35)31(29(26)34)22-14-11-20(12-15-22)19(3)33/h6-16,18,26-28H,4-5,17H2,1-3H3/t26-,27+,28-/m1/s1. The number of carbonyl (C=O) groups is 3. The van der Waals surface area contributed by atoms with Crippen molar-refractivity contribution >= 4 is 29.0 Å². The summed E-state index contributed by atoms with van der Waals surface area (Å²) in [5, 5.41) is 1.65. The molecule has 0 radical (unpaired) electrons. The lowest BCUT2D eigenvalue weighted by Crippen LogP contribution is -2.37. The van der Waals surface area contributed by atoms with Gasteiger partial charge in [-0.15, -0.1) is 0 Å². The van der Waals surface area contributed by atoms with E-state index in [-0.39, 0.29) is 11.7 Å². The van der Waals surface area contributed by atoms with E-state index in [0.717, 1.165) is 22.6 Å². The van der Waals surface area contributed by atoms with E-state index in [9.17, 15) is 14.4 Å². The topological polar surface area (TPSA) is 85.4 Å². The summed E-state index contributed by atoms with van der Waals surface area (Å²) in [6, 6.07) is 20.9. The molecule has 38 heavy (non-hydrogen) atoms. The van der Waals surface area contributed by atoms with E-state index in [1.807, 2.05) is 62.4 Å². The van der Waals surface area contributed by atoms with Gasteiger partial charge >= 0.3 is 0 Å². The van der Waals surface area contributed by atoms with E-state index < -0.39 is 24.0 Å². The van der Waals surface area contributed by atoms with E-state index in [2.05, 4.69) is 0 Å². The number of anilines is 2. The lowest BCUT2D eigenvalue weighted by atomic mass is 9.90. The van der Waals surface area contributed by atoms with Gasteiger partial charge in [-0.3, -0.25) is 19.2 Å². The fourth-order valence-corrected chi connectivity index (χ4v) is 4.96. The van der Waals surface area contributed by atoms with Crippen molar-refractivity contribution < 1.29 is 28.7 Å². The van der Waals surface area contributed by atoms with Gasteiger partial charge < -0.3 is 9.47 Å². The summed E-state index contributed by atoms with van der Waals surface area (Å²) in [6.07, 6.45) is -0.137. The monoisotopic (exact) mass is 514 g/mol. The van der Waals surface area contributed by atoms with Crippen LogP contribution in [0.2, 0.25) is 0 Å². The van der Waals surface area contributed by atoms with Crippen LogP contribution in [0.1, 0.15) is 49.2 Å². The summed E-state index contributed by atoms with van der Waals surface area (Å²) in [5.41, 5.74) is 2.41. The summed E-state index contributed by atoms with van der Waals surface area (Å²) in [6.45, 7) is 6.40. The average molecular weight is 515 g/mol. The molecule has 3 aromatic rings. The van der Waals surface area contributed by atoms with Crippen molar-refractivity contribution in [2.75, 3.05) is 23.2 Å². The first kappa shape index (κ1) is 25.5. The fourth-order valence-electron chi connectivity index (χ4n) is 4.96. The maximum absolute atomic E-state index is 13.9. The molecule has 3 aromatic carbocycles. The summed E-state index contributed by atoms with van der Waals surface area (Å²) in [7, 11) is 0. The summed E-state index contributed by atoms with van der Waals surface area (Å²) in [4.78, 5) is 46.5. The lowest BCUT2D eigenvalue weighted by molar-refractivity contribution is -0.126. The summed E-state index contributed by atoms with van der Waals surface area (Å²) >= 11 is 0. The van der Waals surface area contributed by atoms with Crippen LogP contribution >= 0.6 is 0 Å². The first-order valence-electron chi connectivity index (χ1n) is 12.8. The molecule has 8 nitrogen and oxygen atoms in total. The van der Waals surface area contributed by atoms with Gasteiger partial charge in [0.05, 0.1) is 30.6 Å². The Morgan fingerprint density at radius 2 is 1.61 bits per heavy atom. The van der Waals surface area contributed by atoms with Crippen LogP contribution in [0, 0.1) is 5.92 Å². The molecule has 5 rings (SSSR count). The Labute approximate surface area is 221 Å². The van der Waals surface area contributed by atoms with E-state index in [1.165, 1.54) is 6.92 Å². The maximum atomic E-state index is 13.9. The first-order valence-corrected chi connectivity index (χ1v) is 12.8. The van der Waals surface area contributed by atoms with E-state index in [4.69, 9.17) is 14.3 Å². The van der Waals surface area contributed by atoms with Gasteiger partial charge in [0.15, 0.2) is 23.4 Å². The van der Waals surface area contributed by atoms with E-state index in [1.54, 1.807) is 29.3 Å². The molecule has 0 N–H and O–H groups in total. The number of hydroxylamine groups is 1. The third kappa shape index (κ3) is 4.52. The number of benzene rings is 3. The number of carbonyl (C=O) groups excluding carboxylic acids is 3. The van der Waals surface area contributed by atoms with Crippen LogP contribution in [0.25, 0.3) is 0 Å². The van der Waals surface area contributed by atoms with Crippen molar-refractivity contribution in [1.29, 1.82) is 0 Å². The Morgan fingerprint density at radius 1 is 0.868 bits per heavy atom. The highest BCUT2D eigenvalue weighted by molar-refractivity contribution is 6.24. The second-order valence-electron chi connectivity index (χ2n) is 9.26. The van der Waals surface area contributed by atoms with Crippen LogP contribution in [-0.4, -0.2) is 36.9 Å². The second-order valence-corrected chi connectivity index (χ2v) is 9.26. The molecule has 0 bridgehead atoms. The number of hydrogen-bond acceptors (Lipinski definition) is 7. The highest BCUT2D eigenvalue weighted by atomic mass is 16.7. The van der Waals surface area contributed by atoms with Crippen molar-refractivity contribution in [3.8, 4) is 11.5 Å². The Balaban J connectivity index is 1.55. The summed E-state index contributed by atoms with van der Waals surface area (Å²) in [5.74, 6) is -0.475. The highest BCUT2D eigenvalue weighted by Crippen LogP contribution is 2.48. The predicted molar refractivity (Wildman–Crippen MR) is 142 cm³/mol. The fraction of sp³-hybridized carbons (Fsp3) is 0.300. The third-order valence-electron chi connectivity index (χ3n) is 6.73. The molecule has 2 amide bonds. The molecule has 2 heterocycles. The SMILES string of the molecule is CCCOc1ccc([C@H]2[C@H]3C(=O)N(c4ccc(C(C)=O)cc4)C(=O)[C@@H]3ON2c2ccccc2)cc1OCC. The number of rotatable bonds is 9. The number of Topliss-reactive ketones (excluding diaryl/α,β-unsaturated/α-hetero) is 1. The van der Waals surface area contributed by atoms with Crippen LogP contribution in [0.3, 0.4) is 0 Å². The molecule has 2 aliphatic heterocycles. The quantitative estimate of drug-likeness (QED) is 0.289. The third-order valence-corrected chi connectivity index (χ3v) is 6.73. The molecule has 2 saturated heterocycles. The smallest absolute Gasteiger partial charge is 0.266 e. The van der Waals surface area contributed by atoms with Crippen LogP contribution < -0.4 is 19.4 Å². The van der Waals surface area contributed by atoms with Gasteiger partial charge in [0.25, 0.3) is 5.91 Å². The number of ketones is 1. The van der Waals surface area contributed by atoms with Gasteiger partial charge in [0.2, 0.25) is 5.91 Å². The highest BCUT2D eigenvalue weighted by Gasteiger charge is 2.60. The van der Waals surface area contributed by atoms with Crippen molar-refractivity contribution in [3.05, 3.63) is 83.9 Å². The Morgan fingerprint density at radius 3 is 2.26 bits per heavy atom. The minimum Gasteiger partial charge on any atom is -0.490 e. The van der Waals surface area contributed by atoms with Crippen LogP contribution in [0.5, 0.6) is 11.5 Å². The van der Waals surface area contributed by atoms with Crippen LogP contribution in [0.15, 0.2) is 72.8 Å². The van der Waals surface area contributed by atoms with E-state index in [0.29, 0.717) is 36.0 Å². The zero-order valence-electron chi connectivity index (χ0n) is 21.6. The van der Waals surface area contributed by atoms with Gasteiger partial charge in [-0.05, 0) is 74.4 Å². The second kappa shape index (κ2) is 10.7. The first-order chi connectivity index (χ1) is 18.4. The molecule has 0 aromatic heterocycles. The molecule has 0 spiro atoms. The van der Waals surface area contributed by atoms with Crippen LogP contribution in [-0.2, 0) is 14.4 Å². The normalized spacial score (nSPS) is 20.6. The number of para-hydroxylation sites is 1. The summed E-state index contributed by atoms with van der Waals surface area (Å²) < 4.78 is 11.8. The molecular formula is C30H30N2O6. The van der Waals surface area contributed by atoms with Crippen molar-refractivity contribution in [2.24, 2.45) is 5.92 Å². The minimum atomic E-state index is -0.994. The zero-order chi connectivity index (χ0) is 26.8. The number of ether oxygens (including phenoxy) is 2.